The van der Waals surface area contributed by atoms with E-state index in [0.29, 0.717) is 32.2 Å². The van der Waals surface area contributed by atoms with Crippen LogP contribution in [0, 0.1) is 0 Å². The monoisotopic (exact) mass is 395 g/mol. The van der Waals surface area contributed by atoms with Gasteiger partial charge in [0.2, 0.25) is 10.0 Å². The zero-order valence-electron chi connectivity index (χ0n) is 15.8. The summed E-state index contributed by atoms with van der Waals surface area (Å²) in [4.78, 5) is 12.1. The number of carbonyl (C=O) groups is 1. The van der Waals surface area contributed by atoms with E-state index in [9.17, 15) is 13.2 Å². The van der Waals surface area contributed by atoms with Crippen LogP contribution in [0.4, 0.5) is 4.79 Å². The van der Waals surface area contributed by atoms with Crippen molar-refractivity contribution in [3.63, 3.8) is 0 Å². The molecule has 3 rings (SSSR count). The Bertz CT molecular complexity index is 726. The maximum absolute atomic E-state index is 12.1. The first-order chi connectivity index (χ1) is 12.9. The van der Waals surface area contributed by atoms with Crippen molar-refractivity contribution >= 4 is 16.1 Å². The van der Waals surface area contributed by atoms with Gasteiger partial charge in [-0.15, -0.1) is 0 Å². The number of nitrogens with zero attached hydrogens (tertiary/aromatic N) is 1. The summed E-state index contributed by atoms with van der Waals surface area (Å²) in [6, 6.07) is 9.83. The molecule has 8 heteroatoms. The molecule has 0 saturated carbocycles. The zero-order chi connectivity index (χ0) is 19.3. The van der Waals surface area contributed by atoms with Crippen LogP contribution in [-0.4, -0.2) is 63.4 Å². The molecule has 1 aromatic rings. The van der Waals surface area contributed by atoms with E-state index in [1.807, 2.05) is 18.2 Å². The SMILES string of the molecule is CS(=O)(=O)N1CCCCC1CNC(=O)NC[C@@H]1C[C@H](c2ccccc2)CO1. The van der Waals surface area contributed by atoms with Crippen LogP contribution in [0.2, 0.25) is 0 Å². The molecule has 0 radical (unpaired) electrons. The zero-order valence-corrected chi connectivity index (χ0v) is 16.6. The van der Waals surface area contributed by atoms with E-state index in [4.69, 9.17) is 4.74 Å². The maximum atomic E-state index is 12.1. The molecule has 2 N–H and O–H groups in total. The predicted octanol–water partition coefficient (Wildman–Crippen LogP) is 1.67. The summed E-state index contributed by atoms with van der Waals surface area (Å²) in [5.74, 6) is 0.367. The topological polar surface area (TPSA) is 87.7 Å². The molecule has 2 saturated heterocycles. The van der Waals surface area contributed by atoms with Crippen molar-refractivity contribution in [2.75, 3.05) is 32.5 Å². The van der Waals surface area contributed by atoms with Crippen LogP contribution in [0.3, 0.4) is 0 Å². The fourth-order valence-corrected chi connectivity index (χ4v) is 5.08. The largest absolute Gasteiger partial charge is 0.376 e. The van der Waals surface area contributed by atoms with E-state index < -0.39 is 10.0 Å². The van der Waals surface area contributed by atoms with Crippen LogP contribution >= 0.6 is 0 Å². The number of benzene rings is 1. The molecule has 0 bridgehead atoms. The highest BCUT2D eigenvalue weighted by Crippen LogP contribution is 2.28. The average Bonchev–Trinajstić information content (AvgIpc) is 3.14. The van der Waals surface area contributed by atoms with E-state index in [-0.39, 0.29) is 18.2 Å². The lowest BCUT2D eigenvalue weighted by molar-refractivity contribution is 0.109. The van der Waals surface area contributed by atoms with Crippen LogP contribution in [0.1, 0.15) is 37.2 Å². The summed E-state index contributed by atoms with van der Waals surface area (Å²) in [6.45, 7) is 1.99. The van der Waals surface area contributed by atoms with Gasteiger partial charge in [0.1, 0.15) is 0 Å². The average molecular weight is 396 g/mol. The van der Waals surface area contributed by atoms with E-state index >= 15 is 0 Å². The Kier molecular flexibility index (Phi) is 6.73. The van der Waals surface area contributed by atoms with Crippen LogP contribution in [-0.2, 0) is 14.8 Å². The van der Waals surface area contributed by atoms with Crippen molar-refractivity contribution in [1.82, 2.24) is 14.9 Å². The summed E-state index contributed by atoms with van der Waals surface area (Å²) >= 11 is 0. The van der Waals surface area contributed by atoms with Crippen LogP contribution in [0.15, 0.2) is 30.3 Å². The molecule has 150 valence electrons. The molecule has 2 heterocycles. The lowest BCUT2D eigenvalue weighted by atomic mass is 9.96. The second kappa shape index (κ2) is 9.03. The van der Waals surface area contributed by atoms with Crippen molar-refractivity contribution in [1.29, 1.82) is 0 Å². The third-order valence-electron chi connectivity index (χ3n) is 5.34. The minimum atomic E-state index is -3.24. The third-order valence-corrected chi connectivity index (χ3v) is 6.67. The van der Waals surface area contributed by atoms with Gasteiger partial charge in [0.15, 0.2) is 0 Å². The smallest absolute Gasteiger partial charge is 0.314 e. The molecule has 0 aromatic heterocycles. The van der Waals surface area contributed by atoms with Gasteiger partial charge in [-0.25, -0.2) is 13.2 Å². The highest BCUT2D eigenvalue weighted by atomic mass is 32.2. The lowest BCUT2D eigenvalue weighted by Gasteiger charge is -2.33. The summed E-state index contributed by atoms with van der Waals surface area (Å²) in [5, 5.41) is 5.66. The number of piperidine rings is 1. The molecule has 2 aliphatic heterocycles. The Morgan fingerprint density at radius 3 is 2.67 bits per heavy atom. The van der Waals surface area contributed by atoms with Crippen LogP contribution < -0.4 is 10.6 Å². The van der Waals surface area contributed by atoms with Crippen molar-refractivity contribution in [2.24, 2.45) is 0 Å². The molecule has 2 fully saturated rings. The third kappa shape index (κ3) is 5.67. The molecule has 1 unspecified atom stereocenters. The highest BCUT2D eigenvalue weighted by molar-refractivity contribution is 7.88. The molecule has 27 heavy (non-hydrogen) atoms. The minimum Gasteiger partial charge on any atom is -0.376 e. The summed E-state index contributed by atoms with van der Waals surface area (Å²) in [6.07, 6.45) is 4.75. The minimum absolute atomic E-state index is 0.00292. The summed E-state index contributed by atoms with van der Waals surface area (Å²) in [5.41, 5.74) is 1.27. The van der Waals surface area contributed by atoms with Crippen LogP contribution in [0.25, 0.3) is 0 Å². The van der Waals surface area contributed by atoms with Crippen molar-refractivity contribution in [2.45, 2.75) is 43.7 Å². The number of urea groups is 1. The predicted molar refractivity (Wildman–Crippen MR) is 104 cm³/mol. The Hall–Kier alpha value is -1.64. The van der Waals surface area contributed by atoms with Gasteiger partial charge in [0.05, 0.1) is 19.0 Å². The first-order valence-corrected chi connectivity index (χ1v) is 11.4. The normalized spacial score (nSPS) is 26.6. The van der Waals surface area contributed by atoms with Gasteiger partial charge in [-0.3, -0.25) is 0 Å². The first-order valence-electron chi connectivity index (χ1n) is 9.58. The van der Waals surface area contributed by atoms with Gasteiger partial charge in [-0.1, -0.05) is 36.8 Å². The maximum Gasteiger partial charge on any atom is 0.314 e. The number of hydrogen-bond donors (Lipinski definition) is 2. The molecule has 2 amide bonds. The second-order valence-corrected chi connectivity index (χ2v) is 9.35. The molecular formula is C19H29N3O4S. The Morgan fingerprint density at radius 1 is 1.19 bits per heavy atom. The quantitative estimate of drug-likeness (QED) is 0.767. The van der Waals surface area contributed by atoms with Crippen molar-refractivity contribution in [3.8, 4) is 0 Å². The molecular weight excluding hydrogens is 366 g/mol. The number of hydrogen-bond acceptors (Lipinski definition) is 4. The number of ether oxygens (including phenoxy) is 1. The number of rotatable bonds is 6. The van der Waals surface area contributed by atoms with Gasteiger partial charge in [0, 0.05) is 31.6 Å². The van der Waals surface area contributed by atoms with Gasteiger partial charge < -0.3 is 15.4 Å². The van der Waals surface area contributed by atoms with Crippen LogP contribution in [0.5, 0.6) is 0 Å². The summed E-state index contributed by atoms with van der Waals surface area (Å²) in [7, 11) is -3.24. The van der Waals surface area contributed by atoms with E-state index in [1.165, 1.54) is 16.1 Å². The van der Waals surface area contributed by atoms with Crippen molar-refractivity contribution in [3.05, 3.63) is 35.9 Å². The molecule has 2 aliphatic rings. The standard InChI is InChI=1S/C19H29N3O4S/c1-27(24,25)22-10-6-5-9-17(22)12-20-19(23)21-13-18-11-16(14-26-18)15-7-3-2-4-8-15/h2-4,7-8,16-18H,5-6,9-14H2,1H3,(H2,20,21,23)/t16-,17?,18-/m0/s1. The molecule has 7 nitrogen and oxygen atoms in total. The highest BCUT2D eigenvalue weighted by Gasteiger charge is 2.30. The Balaban J connectivity index is 1.40. The van der Waals surface area contributed by atoms with Gasteiger partial charge in [-0.2, -0.15) is 4.31 Å². The fraction of sp³-hybridized carbons (Fsp3) is 0.632. The molecule has 0 aliphatic carbocycles. The number of sulfonamides is 1. The first kappa shape index (κ1) is 20.1. The fourth-order valence-electron chi connectivity index (χ4n) is 3.90. The summed E-state index contributed by atoms with van der Waals surface area (Å²) < 4.78 is 31.0. The molecule has 3 atom stereocenters. The Morgan fingerprint density at radius 2 is 1.93 bits per heavy atom. The van der Waals surface area contributed by atoms with Gasteiger partial charge in [-0.05, 0) is 24.8 Å². The van der Waals surface area contributed by atoms with Gasteiger partial charge >= 0.3 is 6.03 Å². The molecule has 0 spiro atoms. The Labute approximate surface area is 161 Å². The molecule has 1 aromatic carbocycles. The van der Waals surface area contributed by atoms with E-state index in [1.54, 1.807) is 0 Å². The lowest BCUT2D eigenvalue weighted by Crippen LogP contribution is -2.50. The van der Waals surface area contributed by atoms with Gasteiger partial charge in [0.25, 0.3) is 0 Å². The second-order valence-electron chi connectivity index (χ2n) is 7.41. The van der Waals surface area contributed by atoms with E-state index in [2.05, 4.69) is 22.8 Å². The van der Waals surface area contributed by atoms with Crippen molar-refractivity contribution < 1.29 is 17.9 Å². The number of nitrogens with one attached hydrogen (secondary N) is 2. The van der Waals surface area contributed by atoms with E-state index in [0.717, 1.165) is 25.7 Å². The number of carbonyl (C=O) groups excluding carboxylic acids is 1. The number of amides is 2.